The highest BCUT2D eigenvalue weighted by Gasteiger charge is 2.29. The van der Waals surface area contributed by atoms with Crippen molar-refractivity contribution in [3.8, 4) is 6.07 Å². The van der Waals surface area contributed by atoms with Crippen LogP contribution in [0.4, 0.5) is 4.39 Å². The number of hydrogen-bond donors (Lipinski definition) is 2. The fourth-order valence-electron chi connectivity index (χ4n) is 3.77. The molecule has 0 saturated heterocycles. The van der Waals surface area contributed by atoms with E-state index in [1.165, 1.54) is 12.1 Å². The molecule has 0 aliphatic carbocycles. The summed E-state index contributed by atoms with van der Waals surface area (Å²) < 4.78 is 13.4. The molecule has 3 aromatic rings. The molecular formula is C26H26ClFN2O. The molecule has 0 saturated carbocycles. The Morgan fingerprint density at radius 1 is 1.03 bits per heavy atom. The number of rotatable bonds is 8. The lowest BCUT2D eigenvalue weighted by atomic mass is 9.88. The second kappa shape index (κ2) is 10.1. The predicted molar refractivity (Wildman–Crippen MR) is 122 cm³/mol. The summed E-state index contributed by atoms with van der Waals surface area (Å²) in [5.41, 5.74) is 2.52. The van der Waals surface area contributed by atoms with Crippen LogP contribution in [0.3, 0.4) is 0 Å². The Bertz CT molecular complexity index is 1040. The summed E-state index contributed by atoms with van der Waals surface area (Å²) in [5.74, 6) is -0.257. The number of benzene rings is 3. The number of nitrogens with one attached hydrogen (secondary N) is 1. The number of hydrogen-bond acceptors (Lipinski definition) is 3. The molecule has 31 heavy (non-hydrogen) atoms. The van der Waals surface area contributed by atoms with Gasteiger partial charge in [-0.15, -0.1) is 0 Å². The standard InChI is InChI=1S/C26H26ClFN2O/c1-26(2,31)25(20-8-12-24(28)13-9-20)30-17-22(14-18-6-10-23(27)11-7-18)21-5-3-4-19(15-21)16-29/h3-13,15,22,25,30-31H,14,17H2,1-2H3. The van der Waals surface area contributed by atoms with Crippen LogP contribution < -0.4 is 5.32 Å². The maximum atomic E-state index is 13.4. The SMILES string of the molecule is CC(C)(O)C(NCC(Cc1ccc(Cl)cc1)c1cccc(C#N)c1)c1ccc(F)cc1. The summed E-state index contributed by atoms with van der Waals surface area (Å²) in [5, 5.41) is 24.3. The van der Waals surface area contributed by atoms with Gasteiger partial charge < -0.3 is 10.4 Å². The summed E-state index contributed by atoms with van der Waals surface area (Å²) in [6.45, 7) is 4.03. The van der Waals surface area contributed by atoms with Crippen molar-refractivity contribution in [3.05, 3.63) is 106 Å². The number of nitriles is 1. The Morgan fingerprint density at radius 3 is 2.32 bits per heavy atom. The average molecular weight is 437 g/mol. The van der Waals surface area contributed by atoms with E-state index in [1.807, 2.05) is 42.5 Å². The second-order valence-electron chi connectivity index (χ2n) is 8.31. The number of halogens is 2. The molecule has 0 radical (unpaired) electrons. The Morgan fingerprint density at radius 2 is 1.71 bits per heavy atom. The molecule has 2 N–H and O–H groups in total. The van der Waals surface area contributed by atoms with Crippen LogP contribution in [-0.2, 0) is 6.42 Å². The van der Waals surface area contributed by atoms with Crippen molar-refractivity contribution in [2.24, 2.45) is 0 Å². The van der Waals surface area contributed by atoms with E-state index in [2.05, 4.69) is 11.4 Å². The zero-order valence-corrected chi connectivity index (χ0v) is 18.4. The third-order valence-electron chi connectivity index (χ3n) is 5.36. The van der Waals surface area contributed by atoms with Gasteiger partial charge in [0.15, 0.2) is 0 Å². The summed E-state index contributed by atoms with van der Waals surface area (Å²) in [6, 6.07) is 23.3. The van der Waals surface area contributed by atoms with Gasteiger partial charge in [-0.3, -0.25) is 0 Å². The third-order valence-corrected chi connectivity index (χ3v) is 5.61. The van der Waals surface area contributed by atoms with Crippen LogP contribution in [0.5, 0.6) is 0 Å². The highest BCUT2D eigenvalue weighted by atomic mass is 35.5. The molecular weight excluding hydrogens is 411 g/mol. The van der Waals surface area contributed by atoms with Crippen molar-refractivity contribution < 1.29 is 9.50 Å². The van der Waals surface area contributed by atoms with Crippen LogP contribution in [0.15, 0.2) is 72.8 Å². The van der Waals surface area contributed by atoms with Gasteiger partial charge in [-0.2, -0.15) is 5.26 Å². The molecule has 0 spiro atoms. The van der Waals surface area contributed by atoms with E-state index in [-0.39, 0.29) is 17.8 Å². The van der Waals surface area contributed by atoms with Gasteiger partial charge in [0, 0.05) is 17.5 Å². The average Bonchev–Trinajstić information content (AvgIpc) is 2.75. The number of aliphatic hydroxyl groups is 1. The molecule has 0 amide bonds. The molecule has 5 heteroatoms. The second-order valence-corrected chi connectivity index (χ2v) is 8.75. The first-order valence-electron chi connectivity index (χ1n) is 10.2. The highest BCUT2D eigenvalue weighted by molar-refractivity contribution is 6.30. The van der Waals surface area contributed by atoms with Crippen LogP contribution in [-0.4, -0.2) is 17.3 Å². The highest BCUT2D eigenvalue weighted by Crippen LogP contribution is 2.28. The zero-order chi connectivity index (χ0) is 22.4. The molecule has 2 unspecified atom stereocenters. The van der Waals surface area contributed by atoms with Gasteiger partial charge in [-0.05, 0) is 73.4 Å². The van der Waals surface area contributed by atoms with Crippen molar-refractivity contribution in [1.82, 2.24) is 5.32 Å². The lowest BCUT2D eigenvalue weighted by molar-refractivity contribution is 0.0364. The Kier molecular flexibility index (Phi) is 7.46. The zero-order valence-electron chi connectivity index (χ0n) is 17.6. The summed E-state index contributed by atoms with van der Waals surface area (Å²) in [4.78, 5) is 0. The van der Waals surface area contributed by atoms with Gasteiger partial charge in [0.1, 0.15) is 5.82 Å². The molecule has 0 aliphatic rings. The predicted octanol–water partition coefficient (Wildman–Crippen LogP) is 5.78. The first-order valence-corrected chi connectivity index (χ1v) is 10.6. The summed E-state index contributed by atoms with van der Waals surface area (Å²) in [6.07, 6.45) is 0.737. The van der Waals surface area contributed by atoms with Gasteiger partial charge in [0.05, 0.1) is 23.3 Å². The molecule has 3 nitrogen and oxygen atoms in total. The molecule has 2 atom stereocenters. The molecule has 3 rings (SSSR count). The van der Waals surface area contributed by atoms with E-state index in [0.29, 0.717) is 17.1 Å². The molecule has 0 bridgehead atoms. The molecule has 3 aromatic carbocycles. The van der Waals surface area contributed by atoms with E-state index in [1.54, 1.807) is 32.0 Å². The van der Waals surface area contributed by atoms with E-state index in [0.717, 1.165) is 23.1 Å². The van der Waals surface area contributed by atoms with Crippen LogP contribution in [0, 0.1) is 17.1 Å². The Balaban J connectivity index is 1.87. The van der Waals surface area contributed by atoms with Crippen molar-refractivity contribution in [3.63, 3.8) is 0 Å². The molecule has 0 fully saturated rings. The topological polar surface area (TPSA) is 56.0 Å². The van der Waals surface area contributed by atoms with Crippen molar-refractivity contribution in [2.75, 3.05) is 6.54 Å². The van der Waals surface area contributed by atoms with Gasteiger partial charge in [0.25, 0.3) is 0 Å². The maximum absolute atomic E-state index is 13.4. The first kappa shape index (κ1) is 23.0. The van der Waals surface area contributed by atoms with Crippen molar-refractivity contribution in [2.45, 2.75) is 37.8 Å². The Labute approximate surface area is 188 Å². The summed E-state index contributed by atoms with van der Waals surface area (Å²) in [7, 11) is 0. The lowest BCUT2D eigenvalue weighted by Gasteiger charge is -2.32. The quantitative estimate of drug-likeness (QED) is 0.470. The van der Waals surface area contributed by atoms with E-state index < -0.39 is 5.60 Å². The van der Waals surface area contributed by atoms with Crippen LogP contribution in [0.1, 0.15) is 48.1 Å². The van der Waals surface area contributed by atoms with Crippen LogP contribution >= 0.6 is 11.6 Å². The maximum Gasteiger partial charge on any atom is 0.123 e. The van der Waals surface area contributed by atoms with Crippen LogP contribution in [0.2, 0.25) is 5.02 Å². The van der Waals surface area contributed by atoms with Crippen molar-refractivity contribution in [1.29, 1.82) is 5.26 Å². The van der Waals surface area contributed by atoms with E-state index >= 15 is 0 Å². The molecule has 0 aliphatic heterocycles. The van der Waals surface area contributed by atoms with Gasteiger partial charge >= 0.3 is 0 Å². The van der Waals surface area contributed by atoms with Crippen molar-refractivity contribution >= 4 is 11.6 Å². The normalized spacial score (nSPS) is 13.4. The van der Waals surface area contributed by atoms with E-state index in [4.69, 9.17) is 11.6 Å². The van der Waals surface area contributed by atoms with Crippen LogP contribution in [0.25, 0.3) is 0 Å². The largest absolute Gasteiger partial charge is 0.388 e. The lowest BCUT2D eigenvalue weighted by Crippen LogP contribution is -2.41. The minimum Gasteiger partial charge on any atom is -0.388 e. The minimum absolute atomic E-state index is 0.0553. The first-order chi connectivity index (χ1) is 14.8. The van der Waals surface area contributed by atoms with Gasteiger partial charge in [0.2, 0.25) is 0 Å². The minimum atomic E-state index is -1.06. The van der Waals surface area contributed by atoms with Gasteiger partial charge in [-0.1, -0.05) is 48.0 Å². The monoisotopic (exact) mass is 436 g/mol. The molecule has 160 valence electrons. The third kappa shape index (κ3) is 6.38. The molecule has 0 aromatic heterocycles. The fourth-order valence-corrected chi connectivity index (χ4v) is 3.89. The van der Waals surface area contributed by atoms with E-state index in [9.17, 15) is 14.8 Å². The smallest absolute Gasteiger partial charge is 0.123 e. The Hall–Kier alpha value is -2.71. The summed E-state index contributed by atoms with van der Waals surface area (Å²) >= 11 is 6.03. The number of nitrogens with zero attached hydrogens (tertiary/aromatic N) is 1. The van der Waals surface area contributed by atoms with Gasteiger partial charge in [-0.25, -0.2) is 4.39 Å². The fraction of sp³-hybridized carbons (Fsp3) is 0.269. The molecule has 0 heterocycles.